The van der Waals surface area contributed by atoms with E-state index in [-0.39, 0.29) is 18.5 Å². The van der Waals surface area contributed by atoms with Gasteiger partial charge >= 0.3 is 0 Å². The molecule has 1 aliphatic heterocycles. The van der Waals surface area contributed by atoms with E-state index in [1.807, 2.05) is 24.3 Å². The number of aliphatic hydroxyl groups is 1. The number of hydrogen-bond acceptors (Lipinski definition) is 6. The van der Waals surface area contributed by atoms with Gasteiger partial charge in [0, 0.05) is 50.9 Å². The van der Waals surface area contributed by atoms with E-state index in [4.69, 9.17) is 14.2 Å². The average Bonchev–Trinajstić information content (AvgIpc) is 2.76. The highest BCUT2D eigenvalue weighted by molar-refractivity contribution is 5.55. The highest BCUT2D eigenvalue weighted by atomic mass is 19.1. The monoisotopic (exact) mass is 418 g/mol. The molecule has 6 nitrogen and oxygen atoms in total. The molecule has 1 N–H and O–H groups in total. The summed E-state index contributed by atoms with van der Waals surface area (Å²) in [5, 5.41) is 9.58. The fourth-order valence-electron chi connectivity index (χ4n) is 4.08. The molecule has 1 heterocycles. The predicted molar refractivity (Wildman–Crippen MR) is 114 cm³/mol. The molecule has 0 bridgehead atoms. The molecule has 0 radical (unpaired) electrons. The Morgan fingerprint density at radius 3 is 2.30 bits per heavy atom. The number of benzene rings is 2. The number of aliphatic hydroxyl groups excluding tert-OH is 1. The minimum atomic E-state index is -0.223. The Balaban J connectivity index is 1.71. The number of nitrogens with zero attached hydrogens (tertiary/aromatic N) is 2. The molecule has 7 heteroatoms. The van der Waals surface area contributed by atoms with Crippen molar-refractivity contribution in [2.75, 3.05) is 47.6 Å². The number of ether oxygens (including phenoxy) is 3. The second-order valence-electron chi connectivity index (χ2n) is 7.49. The lowest BCUT2D eigenvalue weighted by Crippen LogP contribution is -2.52. The van der Waals surface area contributed by atoms with Crippen LogP contribution in [0.15, 0.2) is 36.4 Å². The van der Waals surface area contributed by atoms with Crippen LogP contribution in [0.25, 0.3) is 0 Å². The van der Waals surface area contributed by atoms with E-state index in [2.05, 4.69) is 9.80 Å². The molecule has 1 aliphatic rings. The molecule has 0 spiro atoms. The minimum Gasteiger partial charge on any atom is -0.493 e. The topological polar surface area (TPSA) is 54.4 Å². The molecule has 0 amide bonds. The van der Waals surface area contributed by atoms with E-state index in [1.165, 1.54) is 12.1 Å². The van der Waals surface area contributed by atoms with Gasteiger partial charge in [-0.25, -0.2) is 4.39 Å². The molecule has 30 heavy (non-hydrogen) atoms. The van der Waals surface area contributed by atoms with Crippen molar-refractivity contribution >= 4 is 0 Å². The lowest BCUT2D eigenvalue weighted by Gasteiger charge is -2.41. The first kappa shape index (κ1) is 22.3. The molecule has 1 saturated heterocycles. The van der Waals surface area contributed by atoms with Gasteiger partial charge in [0.05, 0.1) is 21.3 Å². The molecule has 1 fully saturated rings. The Morgan fingerprint density at radius 1 is 0.933 bits per heavy atom. The third kappa shape index (κ3) is 5.22. The summed E-state index contributed by atoms with van der Waals surface area (Å²) in [6.45, 7) is 4.20. The van der Waals surface area contributed by atoms with Crippen molar-refractivity contribution in [1.29, 1.82) is 0 Å². The summed E-state index contributed by atoms with van der Waals surface area (Å²) in [6, 6.07) is 10.8. The van der Waals surface area contributed by atoms with E-state index < -0.39 is 0 Å². The van der Waals surface area contributed by atoms with Crippen LogP contribution in [-0.4, -0.2) is 68.5 Å². The zero-order valence-corrected chi connectivity index (χ0v) is 17.9. The van der Waals surface area contributed by atoms with Gasteiger partial charge in [0.2, 0.25) is 5.75 Å². The average molecular weight is 419 g/mol. The van der Waals surface area contributed by atoms with E-state index in [9.17, 15) is 9.50 Å². The van der Waals surface area contributed by atoms with E-state index in [0.717, 1.165) is 43.9 Å². The Bertz CT molecular complexity index is 816. The van der Waals surface area contributed by atoms with Crippen molar-refractivity contribution in [3.63, 3.8) is 0 Å². The Hall–Kier alpha value is -2.35. The fraction of sp³-hybridized carbons (Fsp3) is 0.478. The van der Waals surface area contributed by atoms with Crippen LogP contribution in [0.3, 0.4) is 0 Å². The quantitative estimate of drug-likeness (QED) is 0.676. The number of piperazine rings is 1. The Kier molecular flexibility index (Phi) is 7.90. The SMILES string of the molecule is COc1ccc(CN2CCN(Cc3ccc(F)cc3)[C@@H](CCO)C2)c(OC)c1OC. The zero-order valence-electron chi connectivity index (χ0n) is 17.9. The molecule has 2 aromatic carbocycles. The van der Waals surface area contributed by atoms with Crippen molar-refractivity contribution in [3.05, 3.63) is 53.3 Å². The van der Waals surface area contributed by atoms with Crippen LogP contribution in [-0.2, 0) is 13.1 Å². The third-order valence-electron chi connectivity index (χ3n) is 5.63. The van der Waals surface area contributed by atoms with Gasteiger partial charge in [-0.05, 0) is 30.2 Å². The first-order valence-electron chi connectivity index (χ1n) is 10.2. The van der Waals surface area contributed by atoms with E-state index in [0.29, 0.717) is 23.7 Å². The summed E-state index contributed by atoms with van der Waals surface area (Å²) in [6.07, 6.45) is 0.695. The van der Waals surface area contributed by atoms with Gasteiger partial charge in [-0.2, -0.15) is 0 Å². The van der Waals surface area contributed by atoms with Crippen molar-refractivity contribution in [2.45, 2.75) is 25.6 Å². The third-order valence-corrected chi connectivity index (χ3v) is 5.63. The van der Waals surface area contributed by atoms with Crippen molar-refractivity contribution < 1.29 is 23.7 Å². The summed E-state index contributed by atoms with van der Waals surface area (Å²) in [5.41, 5.74) is 2.11. The van der Waals surface area contributed by atoms with E-state index in [1.54, 1.807) is 21.3 Å². The number of halogens is 1. The van der Waals surface area contributed by atoms with Crippen LogP contribution < -0.4 is 14.2 Å². The Morgan fingerprint density at radius 2 is 1.67 bits per heavy atom. The maximum absolute atomic E-state index is 13.2. The van der Waals surface area contributed by atoms with Crippen molar-refractivity contribution in [2.24, 2.45) is 0 Å². The molecule has 0 aromatic heterocycles. The second-order valence-corrected chi connectivity index (χ2v) is 7.49. The summed E-state index contributed by atoms with van der Waals surface area (Å²) in [7, 11) is 4.85. The molecule has 164 valence electrons. The number of rotatable bonds is 9. The molecule has 2 aromatic rings. The van der Waals surface area contributed by atoms with Crippen LogP contribution in [0, 0.1) is 5.82 Å². The van der Waals surface area contributed by atoms with Gasteiger partial charge in [0.25, 0.3) is 0 Å². The van der Waals surface area contributed by atoms with Crippen LogP contribution in [0.5, 0.6) is 17.2 Å². The van der Waals surface area contributed by atoms with Gasteiger partial charge in [0.1, 0.15) is 5.82 Å². The van der Waals surface area contributed by atoms with Crippen molar-refractivity contribution in [3.8, 4) is 17.2 Å². The molecule has 0 saturated carbocycles. The standard InChI is InChI=1S/C23H31FN2O4/c1-28-21-9-6-18(22(29-2)23(21)30-3)15-25-11-12-26(20(16-25)10-13-27)14-17-4-7-19(24)8-5-17/h4-9,20,27H,10-16H2,1-3H3/t20-/m0/s1. The molecule has 0 aliphatic carbocycles. The van der Waals surface area contributed by atoms with Crippen LogP contribution in [0.1, 0.15) is 17.5 Å². The Labute approximate surface area is 177 Å². The lowest BCUT2D eigenvalue weighted by atomic mass is 10.1. The second kappa shape index (κ2) is 10.6. The van der Waals surface area contributed by atoms with Gasteiger partial charge in [-0.15, -0.1) is 0 Å². The van der Waals surface area contributed by atoms with Gasteiger partial charge in [0.15, 0.2) is 11.5 Å². The zero-order chi connectivity index (χ0) is 21.5. The largest absolute Gasteiger partial charge is 0.493 e. The normalized spacial score (nSPS) is 17.7. The van der Waals surface area contributed by atoms with Gasteiger partial charge in [-0.3, -0.25) is 9.80 Å². The maximum Gasteiger partial charge on any atom is 0.203 e. The molecule has 1 atom stereocenters. The van der Waals surface area contributed by atoms with Crippen LogP contribution in [0.4, 0.5) is 4.39 Å². The smallest absolute Gasteiger partial charge is 0.203 e. The molecule has 3 rings (SSSR count). The molecular formula is C23H31FN2O4. The predicted octanol–water partition coefficient (Wildman–Crippen LogP) is 2.92. The summed E-state index contributed by atoms with van der Waals surface area (Å²) in [4.78, 5) is 4.73. The van der Waals surface area contributed by atoms with E-state index >= 15 is 0 Å². The molecular weight excluding hydrogens is 387 g/mol. The summed E-state index contributed by atoms with van der Waals surface area (Å²) < 4.78 is 29.7. The highest BCUT2D eigenvalue weighted by Gasteiger charge is 2.28. The maximum atomic E-state index is 13.2. The lowest BCUT2D eigenvalue weighted by molar-refractivity contribution is 0.0495. The molecule has 0 unspecified atom stereocenters. The first-order chi connectivity index (χ1) is 14.6. The summed E-state index contributed by atoms with van der Waals surface area (Å²) in [5.74, 6) is 1.70. The van der Waals surface area contributed by atoms with Crippen molar-refractivity contribution in [1.82, 2.24) is 9.80 Å². The fourth-order valence-corrected chi connectivity index (χ4v) is 4.08. The van der Waals surface area contributed by atoms with Gasteiger partial charge < -0.3 is 19.3 Å². The van der Waals surface area contributed by atoms with Crippen LogP contribution in [0.2, 0.25) is 0 Å². The minimum absolute atomic E-state index is 0.137. The number of methoxy groups -OCH3 is 3. The van der Waals surface area contributed by atoms with Gasteiger partial charge in [-0.1, -0.05) is 18.2 Å². The highest BCUT2D eigenvalue weighted by Crippen LogP contribution is 2.40. The van der Waals surface area contributed by atoms with Crippen LogP contribution >= 0.6 is 0 Å². The first-order valence-corrected chi connectivity index (χ1v) is 10.2. The number of hydrogen-bond donors (Lipinski definition) is 1. The summed E-state index contributed by atoms with van der Waals surface area (Å²) >= 11 is 0.